The molecule has 6 heteroatoms. The van der Waals surface area contributed by atoms with E-state index in [0.29, 0.717) is 11.0 Å². The van der Waals surface area contributed by atoms with Gasteiger partial charge in [0.05, 0.1) is 11.0 Å². The van der Waals surface area contributed by atoms with Gasteiger partial charge in [0.1, 0.15) is 17.3 Å². The molecular weight excluding hydrogens is 285 g/mol. The first-order chi connectivity index (χ1) is 9.49. The topological polar surface area (TPSA) is 20.7 Å². The number of fused-ring (bicyclic) bond motifs is 1. The van der Waals surface area contributed by atoms with Crippen molar-refractivity contribution in [1.82, 2.24) is 9.55 Å². The Morgan fingerprint density at radius 1 is 1.10 bits per heavy atom. The third-order valence-electron chi connectivity index (χ3n) is 3.13. The normalized spacial score (nSPS) is 11.2. The van der Waals surface area contributed by atoms with Crippen molar-refractivity contribution >= 4 is 23.3 Å². The van der Waals surface area contributed by atoms with Crippen LogP contribution in [-0.4, -0.2) is 9.55 Å². The van der Waals surface area contributed by atoms with E-state index < -0.39 is 17.5 Å². The highest BCUT2D eigenvalue weighted by Gasteiger charge is 2.17. The van der Waals surface area contributed by atoms with Gasteiger partial charge >= 0.3 is 0 Å². The van der Waals surface area contributed by atoms with Gasteiger partial charge in [0.2, 0.25) is 0 Å². The number of imidazole rings is 1. The lowest BCUT2D eigenvalue weighted by molar-refractivity contribution is 0.564. The number of aromatic amines is 1. The Hall–Kier alpha value is -2.08. The Bertz CT molecular complexity index is 880. The predicted molar refractivity (Wildman–Crippen MR) is 73.1 cm³/mol. The van der Waals surface area contributed by atoms with Gasteiger partial charge in [-0.05, 0) is 42.9 Å². The van der Waals surface area contributed by atoms with Crippen molar-refractivity contribution in [2.24, 2.45) is 0 Å². The largest absolute Gasteiger partial charge is 0.330 e. The van der Waals surface area contributed by atoms with Crippen molar-refractivity contribution in [2.75, 3.05) is 0 Å². The summed E-state index contributed by atoms with van der Waals surface area (Å²) in [6.07, 6.45) is 0. The molecule has 0 radical (unpaired) electrons. The molecule has 0 aliphatic rings. The monoisotopic (exact) mass is 294 g/mol. The van der Waals surface area contributed by atoms with Gasteiger partial charge in [-0.25, -0.2) is 13.2 Å². The van der Waals surface area contributed by atoms with Gasteiger partial charge in [-0.2, -0.15) is 0 Å². The minimum Gasteiger partial charge on any atom is -0.330 e. The van der Waals surface area contributed by atoms with Gasteiger partial charge in [0.15, 0.2) is 10.6 Å². The zero-order valence-corrected chi connectivity index (χ0v) is 11.2. The Kier molecular flexibility index (Phi) is 2.90. The summed E-state index contributed by atoms with van der Waals surface area (Å²) in [5.74, 6) is -1.98. The number of hydrogen-bond donors (Lipinski definition) is 1. The number of nitrogens with zero attached hydrogens (tertiary/aromatic N) is 1. The molecule has 0 fully saturated rings. The van der Waals surface area contributed by atoms with E-state index in [2.05, 4.69) is 4.98 Å². The number of aromatic nitrogens is 2. The zero-order valence-electron chi connectivity index (χ0n) is 10.4. The molecule has 0 saturated heterocycles. The average molecular weight is 294 g/mol. The number of nitrogens with one attached hydrogen (secondary N) is 1. The molecule has 1 aromatic heterocycles. The van der Waals surface area contributed by atoms with Crippen molar-refractivity contribution in [1.29, 1.82) is 0 Å². The molecule has 0 saturated carbocycles. The lowest BCUT2D eigenvalue weighted by Crippen LogP contribution is -2.03. The molecule has 0 aliphatic carbocycles. The predicted octanol–water partition coefficient (Wildman–Crippen LogP) is 4.41. The maximum Gasteiger partial charge on any atom is 0.182 e. The van der Waals surface area contributed by atoms with Crippen LogP contribution in [0.15, 0.2) is 30.3 Å². The van der Waals surface area contributed by atoms with E-state index in [9.17, 15) is 13.2 Å². The van der Waals surface area contributed by atoms with Crippen LogP contribution in [0.4, 0.5) is 13.2 Å². The molecule has 3 aromatic rings. The molecule has 1 N–H and O–H groups in total. The quantitative estimate of drug-likeness (QED) is 0.659. The number of rotatable bonds is 1. The Morgan fingerprint density at radius 2 is 1.85 bits per heavy atom. The minimum atomic E-state index is -0.755. The van der Waals surface area contributed by atoms with Crippen molar-refractivity contribution in [3.05, 3.63) is 58.1 Å². The molecule has 2 aromatic carbocycles. The van der Waals surface area contributed by atoms with E-state index >= 15 is 0 Å². The molecule has 0 bridgehead atoms. The molecule has 20 heavy (non-hydrogen) atoms. The van der Waals surface area contributed by atoms with E-state index in [0.717, 1.165) is 6.07 Å². The highest BCUT2D eigenvalue weighted by atomic mass is 32.1. The fourth-order valence-electron chi connectivity index (χ4n) is 2.14. The number of aryl methyl sites for hydroxylation is 1. The third-order valence-corrected chi connectivity index (χ3v) is 3.41. The fourth-order valence-corrected chi connectivity index (χ4v) is 2.44. The number of hydrogen-bond acceptors (Lipinski definition) is 1. The van der Waals surface area contributed by atoms with Gasteiger partial charge in [0, 0.05) is 6.07 Å². The fraction of sp³-hybridized carbons (Fsp3) is 0.0714. The maximum atomic E-state index is 14.2. The molecule has 0 atom stereocenters. The van der Waals surface area contributed by atoms with Crippen molar-refractivity contribution < 1.29 is 13.2 Å². The molecule has 1 heterocycles. The van der Waals surface area contributed by atoms with Crippen LogP contribution in [0.3, 0.4) is 0 Å². The highest BCUT2D eigenvalue weighted by Crippen LogP contribution is 2.26. The molecule has 3 rings (SSSR count). The van der Waals surface area contributed by atoms with Crippen LogP contribution < -0.4 is 0 Å². The second-order valence-corrected chi connectivity index (χ2v) is 4.84. The first-order valence-electron chi connectivity index (χ1n) is 5.84. The van der Waals surface area contributed by atoms with Crippen molar-refractivity contribution in [3.63, 3.8) is 0 Å². The maximum absolute atomic E-state index is 14.2. The van der Waals surface area contributed by atoms with Crippen LogP contribution in [0.1, 0.15) is 5.56 Å². The smallest absolute Gasteiger partial charge is 0.182 e. The highest BCUT2D eigenvalue weighted by molar-refractivity contribution is 7.71. The second-order valence-electron chi connectivity index (χ2n) is 4.45. The molecule has 2 nitrogen and oxygen atoms in total. The van der Waals surface area contributed by atoms with E-state index in [1.54, 1.807) is 0 Å². The molecule has 0 unspecified atom stereocenters. The first-order valence-corrected chi connectivity index (χ1v) is 6.25. The average Bonchev–Trinajstić information content (AvgIpc) is 2.71. The van der Waals surface area contributed by atoms with E-state index in [1.807, 2.05) is 0 Å². The standard InChI is InChI=1S/C14H9F3N2S/c1-7-2-4-9(16)13(12(7)17)19-11-6-8(15)3-5-10(11)18-14(19)20/h2-6H,1H3,(H,18,20). The molecule has 0 spiro atoms. The van der Waals surface area contributed by atoms with Crippen LogP contribution in [-0.2, 0) is 0 Å². The molecule has 102 valence electrons. The Labute approximate surface area is 117 Å². The van der Waals surface area contributed by atoms with Gasteiger partial charge < -0.3 is 4.98 Å². The van der Waals surface area contributed by atoms with Gasteiger partial charge in [-0.15, -0.1) is 0 Å². The summed E-state index contributed by atoms with van der Waals surface area (Å²) >= 11 is 5.09. The summed E-state index contributed by atoms with van der Waals surface area (Å²) in [5, 5.41) is 0. The number of H-pyrrole nitrogens is 1. The van der Waals surface area contributed by atoms with Crippen LogP contribution in [0.2, 0.25) is 0 Å². The zero-order chi connectivity index (χ0) is 14.4. The van der Waals surface area contributed by atoms with E-state index in [-0.39, 0.29) is 16.0 Å². The third kappa shape index (κ3) is 1.84. The van der Waals surface area contributed by atoms with Gasteiger partial charge in [-0.3, -0.25) is 4.57 Å². The summed E-state index contributed by atoms with van der Waals surface area (Å²) in [6, 6.07) is 6.41. The summed E-state index contributed by atoms with van der Waals surface area (Å²) in [7, 11) is 0. The molecule has 0 aliphatic heterocycles. The minimum absolute atomic E-state index is 0.106. The number of benzene rings is 2. The van der Waals surface area contributed by atoms with E-state index in [1.165, 1.54) is 35.8 Å². The van der Waals surface area contributed by atoms with Crippen LogP contribution in [0, 0.1) is 29.1 Å². The van der Waals surface area contributed by atoms with Gasteiger partial charge in [0.25, 0.3) is 0 Å². The lowest BCUT2D eigenvalue weighted by Gasteiger charge is -2.09. The van der Waals surface area contributed by atoms with Crippen LogP contribution in [0.5, 0.6) is 0 Å². The Balaban J connectivity index is 2.47. The summed E-state index contributed by atoms with van der Waals surface area (Å²) < 4.78 is 42.9. The summed E-state index contributed by atoms with van der Waals surface area (Å²) in [5.41, 5.74) is 0.788. The van der Waals surface area contributed by atoms with Crippen molar-refractivity contribution in [3.8, 4) is 5.69 Å². The first kappa shape index (κ1) is 12.9. The van der Waals surface area contributed by atoms with E-state index in [4.69, 9.17) is 12.2 Å². The summed E-state index contributed by atoms with van der Waals surface area (Å²) in [4.78, 5) is 2.80. The Morgan fingerprint density at radius 3 is 2.60 bits per heavy atom. The SMILES string of the molecule is Cc1ccc(F)c(-n2c(=S)[nH]c3ccc(F)cc32)c1F. The summed E-state index contributed by atoms with van der Waals surface area (Å²) in [6.45, 7) is 1.53. The molecule has 0 amide bonds. The van der Waals surface area contributed by atoms with Gasteiger partial charge in [-0.1, -0.05) is 6.07 Å². The number of halogens is 3. The molecular formula is C14H9F3N2S. The lowest BCUT2D eigenvalue weighted by atomic mass is 10.2. The van der Waals surface area contributed by atoms with Crippen LogP contribution >= 0.6 is 12.2 Å². The van der Waals surface area contributed by atoms with Crippen molar-refractivity contribution in [2.45, 2.75) is 6.92 Å². The second kappa shape index (κ2) is 4.49. The van der Waals surface area contributed by atoms with Crippen LogP contribution in [0.25, 0.3) is 16.7 Å².